The fourth-order valence-corrected chi connectivity index (χ4v) is 3.25. The minimum atomic E-state index is -0.852. The van der Waals surface area contributed by atoms with E-state index in [-0.39, 0.29) is 17.2 Å². The van der Waals surface area contributed by atoms with Gasteiger partial charge in [-0.1, -0.05) is 21.6 Å². The molecule has 0 heterocycles. The van der Waals surface area contributed by atoms with E-state index in [9.17, 15) is 4.79 Å². The molecule has 0 fully saturated rings. The molecule has 0 saturated heterocycles. The average molecular weight is 238 g/mol. The summed E-state index contributed by atoms with van der Waals surface area (Å²) in [6, 6.07) is -0.338. The van der Waals surface area contributed by atoms with E-state index in [2.05, 4.69) is 0 Å². The molecule has 0 unspecified atom stereocenters. The van der Waals surface area contributed by atoms with Gasteiger partial charge >= 0.3 is 5.97 Å². The van der Waals surface area contributed by atoms with Gasteiger partial charge < -0.3 is 16.6 Å². The Bertz CT molecular complexity index is 188. The Labute approximate surface area is 92.6 Å². The Morgan fingerprint density at radius 2 is 2.14 bits per heavy atom. The first-order chi connectivity index (χ1) is 6.40. The van der Waals surface area contributed by atoms with E-state index in [1.165, 1.54) is 0 Å². The molecule has 1 atom stereocenters. The molecule has 0 aliphatic rings. The van der Waals surface area contributed by atoms with Crippen molar-refractivity contribution in [1.29, 1.82) is 0 Å². The second kappa shape index (κ2) is 6.55. The number of carbonyl (C=O) groups is 1. The zero-order valence-corrected chi connectivity index (χ0v) is 10.2. The van der Waals surface area contributed by atoms with Crippen molar-refractivity contribution in [3.05, 3.63) is 0 Å². The molecule has 0 aliphatic heterocycles. The largest absolute Gasteiger partial charge is 0.481 e. The maximum absolute atomic E-state index is 10.5. The summed E-state index contributed by atoms with van der Waals surface area (Å²) < 4.78 is -0.238. The fraction of sp³-hybridized carbons (Fsp3) is 0.875. The van der Waals surface area contributed by atoms with Crippen molar-refractivity contribution in [2.24, 2.45) is 11.5 Å². The van der Waals surface area contributed by atoms with Gasteiger partial charge in [-0.2, -0.15) is 0 Å². The highest BCUT2D eigenvalue weighted by atomic mass is 33.1. The first-order valence-electron chi connectivity index (χ1n) is 4.38. The van der Waals surface area contributed by atoms with Crippen molar-refractivity contribution < 1.29 is 9.90 Å². The van der Waals surface area contributed by atoms with E-state index >= 15 is 0 Å². The summed E-state index contributed by atoms with van der Waals surface area (Å²) in [6.45, 7) is 4.53. The molecule has 0 rings (SSSR count). The van der Waals surface area contributed by atoms with Gasteiger partial charge in [-0.15, -0.1) is 0 Å². The Balaban J connectivity index is 3.95. The topological polar surface area (TPSA) is 89.3 Å². The molecular weight excluding hydrogens is 220 g/mol. The second-order valence-electron chi connectivity index (χ2n) is 3.50. The Morgan fingerprint density at radius 1 is 1.57 bits per heavy atom. The first-order valence-corrected chi connectivity index (χ1v) is 6.70. The highest BCUT2D eigenvalue weighted by molar-refractivity contribution is 8.77. The molecule has 0 aromatic carbocycles. The minimum absolute atomic E-state index is 0.00316. The third-order valence-electron chi connectivity index (χ3n) is 1.76. The lowest BCUT2D eigenvalue weighted by atomic mass is 10.0. The number of carboxylic acid groups (broad SMARTS) is 1. The normalized spacial score (nSPS) is 14.0. The lowest BCUT2D eigenvalue weighted by Gasteiger charge is -2.29. The lowest BCUT2D eigenvalue weighted by Crippen LogP contribution is -2.41. The number of carboxylic acids is 1. The molecule has 0 saturated carbocycles. The van der Waals surface area contributed by atoms with Crippen molar-refractivity contribution in [2.45, 2.75) is 31.1 Å². The third kappa shape index (κ3) is 5.74. The predicted octanol–water partition coefficient (Wildman–Crippen LogP) is 0.907. The highest BCUT2D eigenvalue weighted by Gasteiger charge is 2.29. The molecule has 0 aromatic heterocycles. The van der Waals surface area contributed by atoms with Gasteiger partial charge in [0.15, 0.2) is 0 Å². The molecule has 14 heavy (non-hydrogen) atoms. The Kier molecular flexibility index (Phi) is 6.59. The van der Waals surface area contributed by atoms with Crippen molar-refractivity contribution in [1.82, 2.24) is 0 Å². The zero-order valence-electron chi connectivity index (χ0n) is 8.53. The quantitative estimate of drug-likeness (QED) is 0.451. The van der Waals surface area contributed by atoms with Crippen LogP contribution < -0.4 is 11.5 Å². The predicted molar refractivity (Wildman–Crippen MR) is 63.4 cm³/mol. The molecule has 0 radical (unpaired) electrons. The van der Waals surface area contributed by atoms with Gasteiger partial charge in [0.25, 0.3) is 0 Å². The number of hydrogen-bond acceptors (Lipinski definition) is 5. The van der Waals surface area contributed by atoms with E-state index < -0.39 is 5.97 Å². The fourth-order valence-electron chi connectivity index (χ4n) is 0.737. The maximum Gasteiger partial charge on any atom is 0.304 e. The SMILES string of the molecule is CC(C)(SSCCN)[C@H](N)CC(=O)O. The smallest absolute Gasteiger partial charge is 0.304 e. The molecule has 4 nitrogen and oxygen atoms in total. The monoisotopic (exact) mass is 238 g/mol. The molecule has 0 bridgehead atoms. The third-order valence-corrected chi connectivity index (χ3v) is 5.16. The van der Waals surface area contributed by atoms with Crippen LogP contribution in [-0.2, 0) is 4.79 Å². The highest BCUT2D eigenvalue weighted by Crippen LogP contribution is 2.37. The van der Waals surface area contributed by atoms with Crippen LogP contribution in [0.4, 0.5) is 0 Å². The van der Waals surface area contributed by atoms with Crippen LogP contribution in [0.3, 0.4) is 0 Å². The Hall–Kier alpha value is 0.0900. The standard InChI is InChI=1S/C8H18N2O2S2/c1-8(2,14-13-4-3-9)6(10)5-7(11)12/h6H,3-5,9-10H2,1-2H3,(H,11,12)/t6-/m1/s1. The number of aliphatic carboxylic acids is 1. The van der Waals surface area contributed by atoms with Crippen molar-refractivity contribution in [3.8, 4) is 0 Å². The van der Waals surface area contributed by atoms with Gasteiger partial charge in [0, 0.05) is 23.1 Å². The van der Waals surface area contributed by atoms with Crippen LogP contribution in [0.2, 0.25) is 0 Å². The lowest BCUT2D eigenvalue weighted by molar-refractivity contribution is -0.137. The van der Waals surface area contributed by atoms with E-state index in [0.717, 1.165) is 5.75 Å². The van der Waals surface area contributed by atoms with Crippen LogP contribution in [0.25, 0.3) is 0 Å². The molecule has 6 heteroatoms. The molecule has 0 aromatic rings. The average Bonchev–Trinajstić information content (AvgIpc) is 2.03. The van der Waals surface area contributed by atoms with Gasteiger partial charge in [0.05, 0.1) is 6.42 Å². The van der Waals surface area contributed by atoms with Gasteiger partial charge in [0.1, 0.15) is 0 Å². The summed E-state index contributed by atoms with van der Waals surface area (Å²) in [4.78, 5) is 10.5. The van der Waals surface area contributed by atoms with Crippen molar-refractivity contribution in [2.75, 3.05) is 12.3 Å². The second-order valence-corrected chi connectivity index (χ2v) is 6.57. The molecule has 0 amide bonds. The van der Waals surface area contributed by atoms with Gasteiger partial charge in [-0.05, 0) is 13.8 Å². The van der Waals surface area contributed by atoms with Crippen LogP contribution in [-0.4, -0.2) is 34.2 Å². The minimum Gasteiger partial charge on any atom is -0.481 e. The summed E-state index contributed by atoms with van der Waals surface area (Å²) in [5, 5.41) is 8.60. The number of nitrogens with two attached hydrogens (primary N) is 2. The molecule has 5 N–H and O–H groups in total. The van der Waals surface area contributed by atoms with Crippen LogP contribution in [0.15, 0.2) is 0 Å². The Morgan fingerprint density at radius 3 is 2.57 bits per heavy atom. The molecule has 0 spiro atoms. The van der Waals surface area contributed by atoms with Crippen LogP contribution in [0.5, 0.6) is 0 Å². The van der Waals surface area contributed by atoms with Gasteiger partial charge in [0.2, 0.25) is 0 Å². The van der Waals surface area contributed by atoms with Crippen LogP contribution in [0.1, 0.15) is 20.3 Å². The van der Waals surface area contributed by atoms with E-state index in [1.807, 2.05) is 13.8 Å². The van der Waals surface area contributed by atoms with Crippen molar-refractivity contribution in [3.63, 3.8) is 0 Å². The van der Waals surface area contributed by atoms with E-state index in [0.29, 0.717) is 6.54 Å². The molecule has 0 aliphatic carbocycles. The maximum atomic E-state index is 10.5. The molecule has 84 valence electrons. The number of hydrogen-bond donors (Lipinski definition) is 3. The van der Waals surface area contributed by atoms with Gasteiger partial charge in [-0.25, -0.2) is 0 Å². The van der Waals surface area contributed by atoms with Crippen LogP contribution in [0, 0.1) is 0 Å². The van der Waals surface area contributed by atoms with Gasteiger partial charge in [-0.3, -0.25) is 4.79 Å². The zero-order chi connectivity index (χ0) is 11.2. The van der Waals surface area contributed by atoms with Crippen molar-refractivity contribution >= 4 is 27.6 Å². The number of rotatable bonds is 7. The summed E-state index contributed by atoms with van der Waals surface area (Å²) in [5.74, 6) is 0.00320. The summed E-state index contributed by atoms with van der Waals surface area (Å²) in [7, 11) is 3.24. The summed E-state index contributed by atoms with van der Waals surface area (Å²) >= 11 is 0. The van der Waals surface area contributed by atoms with E-state index in [4.69, 9.17) is 16.6 Å². The van der Waals surface area contributed by atoms with E-state index in [1.54, 1.807) is 21.6 Å². The summed E-state index contributed by atoms with van der Waals surface area (Å²) in [5.41, 5.74) is 11.1. The summed E-state index contributed by atoms with van der Waals surface area (Å²) in [6.07, 6.45) is 0.00316. The first kappa shape index (κ1) is 14.1. The molecular formula is C8H18N2O2S2. The van der Waals surface area contributed by atoms with Crippen LogP contribution >= 0.6 is 21.6 Å².